The summed E-state index contributed by atoms with van der Waals surface area (Å²) in [5, 5.41) is 11.3. The molecule has 0 aliphatic rings. The molecule has 1 N–H and O–H groups in total. The van der Waals surface area contributed by atoms with Crippen molar-refractivity contribution in [1.82, 2.24) is 10.3 Å². The van der Waals surface area contributed by atoms with Crippen molar-refractivity contribution < 1.29 is 14.5 Å². The van der Waals surface area contributed by atoms with Gasteiger partial charge in [-0.05, 0) is 19.4 Å². The number of hydrogen-bond acceptors (Lipinski definition) is 7. The Balaban J connectivity index is 2.25. The number of nitrogens with zero attached hydrogens (tertiary/aromatic N) is 3. The average molecular weight is 386 g/mol. The number of likely N-dealkylation sites (N-methyl/N-ethyl adjacent to an activating group) is 1. The summed E-state index contributed by atoms with van der Waals surface area (Å²) < 4.78 is 0. The first-order valence-corrected chi connectivity index (χ1v) is 9.00. The molecule has 0 aliphatic heterocycles. The van der Waals surface area contributed by atoms with Crippen molar-refractivity contribution >= 4 is 34.7 Å². The topological polar surface area (TPSA) is 85.2 Å². The molecule has 2 aromatic rings. The van der Waals surface area contributed by atoms with E-state index in [1.807, 2.05) is 26.0 Å². The number of carbonyl (C=O) groups excluding carboxylic acids is 1. The summed E-state index contributed by atoms with van der Waals surface area (Å²) in [6.07, 6.45) is 3.48. The molecule has 0 saturated carbocycles. The molecular formula is C19H22N4O3S. The van der Waals surface area contributed by atoms with E-state index in [0.29, 0.717) is 11.3 Å². The molecule has 1 aromatic heterocycles. The summed E-state index contributed by atoms with van der Waals surface area (Å²) in [5.74, 6) is -0.344. The molecule has 0 spiro atoms. The van der Waals surface area contributed by atoms with Gasteiger partial charge in [0.05, 0.1) is 0 Å². The molecule has 2 rings (SSSR count). The molecule has 0 aliphatic carbocycles. The van der Waals surface area contributed by atoms with Gasteiger partial charge in [0, 0.05) is 29.2 Å². The minimum Gasteiger partial charge on any atom is -0.398 e. The van der Waals surface area contributed by atoms with Crippen LogP contribution in [0, 0.1) is 6.92 Å². The molecule has 0 atom stereocenters. The van der Waals surface area contributed by atoms with Crippen molar-refractivity contribution in [3.05, 3.63) is 57.6 Å². The van der Waals surface area contributed by atoms with E-state index in [1.165, 1.54) is 18.4 Å². The van der Waals surface area contributed by atoms with Crippen LogP contribution < -0.4 is 5.32 Å². The molecule has 0 radical (unpaired) electrons. The monoisotopic (exact) mass is 386 g/mol. The largest absolute Gasteiger partial charge is 0.398 e. The molecule has 142 valence electrons. The second-order valence-corrected chi connectivity index (χ2v) is 6.59. The number of benzene rings is 1. The lowest BCUT2D eigenvalue weighted by molar-refractivity contribution is -0.114. The Morgan fingerprint density at radius 1 is 1.41 bits per heavy atom. The fourth-order valence-electron chi connectivity index (χ4n) is 2.32. The fourth-order valence-corrected chi connectivity index (χ4v) is 3.02. The van der Waals surface area contributed by atoms with Gasteiger partial charge in [-0.2, -0.15) is 0 Å². The fraction of sp³-hybridized carbons (Fsp3) is 0.263. The first-order chi connectivity index (χ1) is 13.0. The number of hydrogen-bond donors (Lipinski definition) is 1. The third kappa shape index (κ3) is 5.01. The van der Waals surface area contributed by atoms with Crippen molar-refractivity contribution in [3.63, 3.8) is 0 Å². The highest BCUT2D eigenvalue weighted by Gasteiger charge is 2.19. The van der Waals surface area contributed by atoms with Crippen LogP contribution in [0.3, 0.4) is 0 Å². The van der Waals surface area contributed by atoms with Gasteiger partial charge in [-0.1, -0.05) is 41.2 Å². The highest BCUT2D eigenvalue weighted by molar-refractivity contribution is 7.14. The lowest BCUT2D eigenvalue weighted by atomic mass is 9.98. The van der Waals surface area contributed by atoms with Crippen molar-refractivity contribution in [2.24, 2.45) is 10.3 Å². The van der Waals surface area contributed by atoms with Gasteiger partial charge in [0.1, 0.15) is 24.4 Å². The molecule has 1 amide bonds. The molecular weight excluding hydrogens is 364 g/mol. The zero-order valence-electron chi connectivity index (χ0n) is 15.8. The number of carbonyl (C=O) groups is 1. The van der Waals surface area contributed by atoms with Gasteiger partial charge in [0.2, 0.25) is 0 Å². The van der Waals surface area contributed by atoms with Crippen molar-refractivity contribution in [3.8, 4) is 0 Å². The normalized spacial score (nSPS) is 11.9. The van der Waals surface area contributed by atoms with Crippen LogP contribution in [-0.4, -0.2) is 36.5 Å². The number of rotatable bonds is 8. The van der Waals surface area contributed by atoms with E-state index in [9.17, 15) is 4.79 Å². The molecule has 1 aromatic carbocycles. The Kier molecular flexibility index (Phi) is 7.25. The Morgan fingerprint density at radius 2 is 2.19 bits per heavy atom. The minimum absolute atomic E-state index is 0.179. The third-order valence-corrected chi connectivity index (χ3v) is 4.84. The van der Waals surface area contributed by atoms with Crippen molar-refractivity contribution in [2.75, 3.05) is 14.2 Å². The van der Waals surface area contributed by atoms with E-state index in [-0.39, 0.29) is 18.2 Å². The predicted octanol–water partition coefficient (Wildman–Crippen LogP) is 3.13. The highest BCUT2D eigenvalue weighted by atomic mass is 32.1. The van der Waals surface area contributed by atoms with Crippen LogP contribution in [0.4, 0.5) is 0 Å². The maximum atomic E-state index is 12.2. The summed E-state index contributed by atoms with van der Waals surface area (Å²) in [6.45, 7) is 7.66. The van der Waals surface area contributed by atoms with Crippen LogP contribution in [-0.2, 0) is 21.1 Å². The Labute approximate surface area is 162 Å². The van der Waals surface area contributed by atoms with E-state index in [2.05, 4.69) is 27.2 Å². The lowest BCUT2D eigenvalue weighted by Crippen LogP contribution is -2.29. The third-order valence-electron chi connectivity index (χ3n) is 3.73. The summed E-state index contributed by atoms with van der Waals surface area (Å²) in [5.41, 5.74) is 3.24. The van der Waals surface area contributed by atoms with Gasteiger partial charge in [-0.15, -0.1) is 11.3 Å². The van der Waals surface area contributed by atoms with Gasteiger partial charge in [-0.3, -0.25) is 4.79 Å². The molecule has 27 heavy (non-hydrogen) atoms. The van der Waals surface area contributed by atoms with E-state index >= 15 is 0 Å². The van der Waals surface area contributed by atoms with Gasteiger partial charge < -0.3 is 15.0 Å². The smallest absolute Gasteiger partial charge is 0.273 e. The van der Waals surface area contributed by atoms with Crippen LogP contribution in [0.15, 0.2) is 41.3 Å². The Hall–Kier alpha value is -3.00. The minimum atomic E-state index is -0.344. The number of nitrogens with one attached hydrogen (secondary N) is 1. The molecule has 1 heterocycles. The average Bonchev–Trinajstić information content (AvgIpc) is 3.16. The van der Waals surface area contributed by atoms with E-state index in [0.717, 1.165) is 21.0 Å². The molecule has 7 nitrogen and oxygen atoms in total. The SMILES string of the molecule is C=Cc1cnc(/C(C)=N/OCc2c(C)cccc2/C(=N\OC)C(=O)NC)s1. The zero-order chi connectivity index (χ0) is 19.8. The van der Waals surface area contributed by atoms with Gasteiger partial charge in [0.25, 0.3) is 5.91 Å². The Bertz CT molecular complexity index is 887. The summed E-state index contributed by atoms with van der Waals surface area (Å²) >= 11 is 1.48. The highest BCUT2D eigenvalue weighted by Crippen LogP contribution is 2.18. The molecule has 0 saturated heterocycles. The maximum Gasteiger partial charge on any atom is 0.273 e. The second-order valence-electron chi connectivity index (χ2n) is 5.52. The predicted molar refractivity (Wildman–Crippen MR) is 108 cm³/mol. The molecule has 0 fully saturated rings. The quantitative estimate of drug-likeness (QED) is 0.558. The molecule has 0 unspecified atom stereocenters. The summed E-state index contributed by atoms with van der Waals surface area (Å²) in [4.78, 5) is 27.8. The van der Waals surface area contributed by atoms with Crippen LogP contribution >= 0.6 is 11.3 Å². The van der Waals surface area contributed by atoms with Crippen LogP contribution in [0.2, 0.25) is 0 Å². The van der Waals surface area contributed by atoms with Crippen LogP contribution in [0.1, 0.15) is 33.5 Å². The first kappa shape index (κ1) is 20.3. The second kappa shape index (κ2) is 9.63. The zero-order valence-corrected chi connectivity index (χ0v) is 16.6. The Morgan fingerprint density at radius 3 is 2.81 bits per heavy atom. The number of oxime groups is 2. The number of aryl methyl sites for hydroxylation is 1. The molecule has 0 bridgehead atoms. The van der Waals surface area contributed by atoms with E-state index in [1.54, 1.807) is 25.4 Å². The van der Waals surface area contributed by atoms with Crippen molar-refractivity contribution in [1.29, 1.82) is 0 Å². The number of aromatic nitrogens is 1. The van der Waals surface area contributed by atoms with Gasteiger partial charge >= 0.3 is 0 Å². The first-order valence-electron chi connectivity index (χ1n) is 8.19. The van der Waals surface area contributed by atoms with E-state index < -0.39 is 0 Å². The standard InChI is InChI=1S/C19H22N4O3S/c1-6-14-10-21-19(27-14)13(3)22-26-11-16-12(2)8-7-9-15(16)17(23-25-5)18(24)20-4/h6-10H,1,11H2,2-5H3,(H,20,24)/b22-13+,23-17+. The van der Waals surface area contributed by atoms with Crippen LogP contribution in [0.25, 0.3) is 6.08 Å². The summed E-state index contributed by atoms with van der Waals surface area (Å²) in [6, 6.07) is 5.58. The molecule has 8 heteroatoms. The van der Waals surface area contributed by atoms with Crippen molar-refractivity contribution in [2.45, 2.75) is 20.5 Å². The van der Waals surface area contributed by atoms with Gasteiger partial charge in [-0.25, -0.2) is 4.98 Å². The number of amides is 1. The maximum absolute atomic E-state index is 12.2. The number of thiazole rings is 1. The van der Waals surface area contributed by atoms with Gasteiger partial charge in [0.15, 0.2) is 5.71 Å². The summed E-state index contributed by atoms with van der Waals surface area (Å²) in [7, 11) is 2.94. The van der Waals surface area contributed by atoms with Crippen LogP contribution in [0.5, 0.6) is 0 Å². The van der Waals surface area contributed by atoms with E-state index in [4.69, 9.17) is 9.68 Å². The lowest BCUT2D eigenvalue weighted by Gasteiger charge is -2.12.